The maximum absolute atomic E-state index is 13.1. The molecule has 2 aromatic rings. The van der Waals surface area contributed by atoms with E-state index in [1.165, 1.54) is 0 Å². The fourth-order valence-electron chi connectivity index (χ4n) is 1.67. The van der Waals surface area contributed by atoms with E-state index in [9.17, 15) is 18.0 Å². The zero-order valence-electron chi connectivity index (χ0n) is 10.5. The summed E-state index contributed by atoms with van der Waals surface area (Å²) >= 11 is 0. The molecule has 2 rings (SSSR count). The second kappa shape index (κ2) is 5.24. The van der Waals surface area contributed by atoms with Crippen molar-refractivity contribution < 1.29 is 18.0 Å². The van der Waals surface area contributed by atoms with E-state index in [1.54, 1.807) is 25.1 Å². The second-order valence-corrected chi connectivity index (χ2v) is 4.23. The van der Waals surface area contributed by atoms with Gasteiger partial charge >= 0.3 is 0 Å². The number of halogens is 3. The molecule has 0 radical (unpaired) electrons. The number of nitrogens with two attached hydrogens (primary N) is 1. The lowest BCUT2D eigenvalue weighted by atomic mass is 10.1. The number of nitrogens with one attached hydrogen (secondary N) is 1. The van der Waals surface area contributed by atoms with Gasteiger partial charge in [-0.3, -0.25) is 4.79 Å². The summed E-state index contributed by atoms with van der Waals surface area (Å²) in [7, 11) is 0. The molecular weight excluding hydrogens is 269 g/mol. The van der Waals surface area contributed by atoms with Crippen molar-refractivity contribution in [2.75, 3.05) is 11.1 Å². The van der Waals surface area contributed by atoms with Crippen molar-refractivity contribution in [3.63, 3.8) is 0 Å². The zero-order chi connectivity index (χ0) is 14.9. The minimum atomic E-state index is -1.61. The number of hydrogen-bond donors (Lipinski definition) is 2. The van der Waals surface area contributed by atoms with Crippen LogP contribution >= 0.6 is 0 Å². The van der Waals surface area contributed by atoms with Gasteiger partial charge in [-0.2, -0.15) is 0 Å². The topological polar surface area (TPSA) is 55.1 Å². The molecule has 1 amide bonds. The molecule has 0 unspecified atom stereocenters. The van der Waals surface area contributed by atoms with Crippen molar-refractivity contribution in [1.29, 1.82) is 0 Å². The summed E-state index contributed by atoms with van der Waals surface area (Å²) in [5, 5.41) is 2.47. The highest BCUT2D eigenvalue weighted by molar-refractivity contribution is 6.05. The van der Waals surface area contributed by atoms with E-state index in [2.05, 4.69) is 5.32 Å². The summed E-state index contributed by atoms with van der Waals surface area (Å²) in [4.78, 5) is 11.9. The van der Waals surface area contributed by atoms with Crippen molar-refractivity contribution in [1.82, 2.24) is 0 Å². The Hall–Kier alpha value is -2.50. The Labute approximate surface area is 113 Å². The average Bonchev–Trinajstić information content (AvgIpc) is 2.40. The van der Waals surface area contributed by atoms with Gasteiger partial charge in [0.25, 0.3) is 5.91 Å². The summed E-state index contributed by atoms with van der Waals surface area (Å²) in [6.45, 7) is 1.69. The van der Waals surface area contributed by atoms with Crippen molar-refractivity contribution in [3.05, 3.63) is 58.9 Å². The predicted molar refractivity (Wildman–Crippen MR) is 69.9 cm³/mol. The van der Waals surface area contributed by atoms with Crippen molar-refractivity contribution in [3.8, 4) is 0 Å². The molecule has 0 heterocycles. The molecule has 0 aliphatic heterocycles. The van der Waals surface area contributed by atoms with Gasteiger partial charge in [-0.05, 0) is 36.8 Å². The van der Waals surface area contributed by atoms with E-state index in [1.807, 2.05) is 0 Å². The molecule has 20 heavy (non-hydrogen) atoms. The minimum Gasteiger partial charge on any atom is -0.398 e. The van der Waals surface area contributed by atoms with Gasteiger partial charge in [0.1, 0.15) is 0 Å². The van der Waals surface area contributed by atoms with Crippen LogP contribution in [-0.2, 0) is 0 Å². The summed E-state index contributed by atoms with van der Waals surface area (Å²) in [6, 6.07) is 6.15. The van der Waals surface area contributed by atoms with Crippen LogP contribution in [0.1, 0.15) is 15.9 Å². The fraction of sp³-hybridized carbons (Fsp3) is 0.0714. The smallest absolute Gasteiger partial charge is 0.255 e. The first-order valence-corrected chi connectivity index (χ1v) is 5.71. The van der Waals surface area contributed by atoms with Crippen molar-refractivity contribution in [2.45, 2.75) is 6.92 Å². The van der Waals surface area contributed by atoms with Crippen LogP contribution in [0.3, 0.4) is 0 Å². The first-order chi connectivity index (χ1) is 9.40. The summed E-state index contributed by atoms with van der Waals surface area (Å²) in [6.07, 6.45) is 0. The molecule has 3 N–H and O–H groups in total. The van der Waals surface area contributed by atoms with Gasteiger partial charge in [-0.15, -0.1) is 0 Å². The van der Waals surface area contributed by atoms with Crippen LogP contribution in [0.25, 0.3) is 0 Å². The van der Waals surface area contributed by atoms with E-state index >= 15 is 0 Å². The third-order valence-corrected chi connectivity index (χ3v) is 2.87. The number of carbonyl (C=O) groups is 1. The molecule has 104 valence electrons. The van der Waals surface area contributed by atoms with Crippen LogP contribution in [0.2, 0.25) is 0 Å². The molecule has 0 aliphatic carbocycles. The Balaban J connectivity index is 2.31. The van der Waals surface area contributed by atoms with Gasteiger partial charge in [-0.25, -0.2) is 13.2 Å². The zero-order valence-corrected chi connectivity index (χ0v) is 10.5. The fourth-order valence-corrected chi connectivity index (χ4v) is 1.67. The van der Waals surface area contributed by atoms with E-state index < -0.39 is 23.4 Å². The Morgan fingerprint density at radius 1 is 1.15 bits per heavy atom. The number of hydrogen-bond acceptors (Lipinski definition) is 2. The van der Waals surface area contributed by atoms with Gasteiger partial charge < -0.3 is 11.1 Å². The SMILES string of the molecule is Cc1c(N)cccc1NC(=O)c1cc(F)c(F)c(F)c1. The number of anilines is 2. The number of rotatable bonds is 2. The third-order valence-electron chi connectivity index (χ3n) is 2.87. The highest BCUT2D eigenvalue weighted by atomic mass is 19.2. The van der Waals surface area contributed by atoms with Gasteiger partial charge in [0.05, 0.1) is 0 Å². The van der Waals surface area contributed by atoms with Crippen LogP contribution in [-0.4, -0.2) is 5.91 Å². The Kier molecular flexibility index (Phi) is 3.65. The molecule has 0 fully saturated rings. The molecule has 3 nitrogen and oxygen atoms in total. The Morgan fingerprint density at radius 3 is 2.35 bits per heavy atom. The van der Waals surface area contributed by atoms with Crippen molar-refractivity contribution >= 4 is 17.3 Å². The highest BCUT2D eigenvalue weighted by Crippen LogP contribution is 2.22. The summed E-state index contributed by atoms with van der Waals surface area (Å²) in [5.74, 6) is -5.20. The number of nitrogen functional groups attached to an aromatic ring is 1. The van der Waals surface area contributed by atoms with Gasteiger partial charge in [0.15, 0.2) is 17.5 Å². The summed E-state index contributed by atoms with van der Waals surface area (Å²) in [5.41, 5.74) is 6.88. The highest BCUT2D eigenvalue weighted by Gasteiger charge is 2.15. The molecule has 0 saturated carbocycles. The van der Waals surface area contributed by atoms with E-state index in [0.717, 1.165) is 0 Å². The van der Waals surface area contributed by atoms with Crippen molar-refractivity contribution in [2.24, 2.45) is 0 Å². The molecule has 0 saturated heterocycles. The first-order valence-electron chi connectivity index (χ1n) is 5.71. The lowest BCUT2D eigenvalue weighted by Gasteiger charge is -2.10. The molecule has 0 bridgehead atoms. The molecule has 0 aliphatic rings. The summed E-state index contributed by atoms with van der Waals surface area (Å²) < 4.78 is 39.0. The molecule has 2 aromatic carbocycles. The van der Waals surface area contributed by atoms with Crippen LogP contribution in [0.5, 0.6) is 0 Å². The average molecular weight is 280 g/mol. The maximum Gasteiger partial charge on any atom is 0.255 e. The van der Waals surface area contributed by atoms with Gasteiger partial charge in [0, 0.05) is 16.9 Å². The van der Waals surface area contributed by atoms with Crippen LogP contribution in [0.4, 0.5) is 24.5 Å². The van der Waals surface area contributed by atoms with Crippen LogP contribution < -0.4 is 11.1 Å². The van der Waals surface area contributed by atoms with E-state index in [0.29, 0.717) is 29.1 Å². The van der Waals surface area contributed by atoms with Crippen LogP contribution in [0.15, 0.2) is 30.3 Å². The monoisotopic (exact) mass is 280 g/mol. The molecular formula is C14H11F3N2O. The number of carbonyl (C=O) groups excluding carboxylic acids is 1. The predicted octanol–water partition coefficient (Wildman–Crippen LogP) is 3.25. The first kappa shape index (κ1) is 13.9. The Morgan fingerprint density at radius 2 is 1.75 bits per heavy atom. The largest absolute Gasteiger partial charge is 0.398 e. The lowest BCUT2D eigenvalue weighted by molar-refractivity contribution is 0.102. The second-order valence-electron chi connectivity index (χ2n) is 4.23. The van der Waals surface area contributed by atoms with E-state index in [-0.39, 0.29) is 5.56 Å². The maximum atomic E-state index is 13.1. The molecule has 6 heteroatoms. The van der Waals surface area contributed by atoms with Gasteiger partial charge in [-0.1, -0.05) is 6.07 Å². The minimum absolute atomic E-state index is 0.316. The lowest BCUT2D eigenvalue weighted by Crippen LogP contribution is -2.14. The third kappa shape index (κ3) is 2.59. The Bertz CT molecular complexity index is 663. The molecule has 0 aromatic heterocycles. The normalized spacial score (nSPS) is 10.4. The van der Waals surface area contributed by atoms with Gasteiger partial charge in [0.2, 0.25) is 0 Å². The number of amides is 1. The standard InChI is InChI=1S/C14H11F3N2O/c1-7-11(18)3-2-4-12(7)19-14(20)8-5-9(15)13(17)10(16)6-8/h2-6H,18H2,1H3,(H,19,20). The number of benzene rings is 2. The van der Waals surface area contributed by atoms with Crippen LogP contribution in [0, 0.1) is 24.4 Å². The molecule has 0 spiro atoms. The quantitative estimate of drug-likeness (QED) is 0.655. The van der Waals surface area contributed by atoms with E-state index in [4.69, 9.17) is 5.73 Å². The molecule has 0 atom stereocenters.